The molecule has 128 valence electrons. The number of carboxylic acid groups (broad SMARTS) is 1. The van der Waals surface area contributed by atoms with E-state index in [1.54, 1.807) is 11.8 Å². The normalized spacial score (nSPS) is 15.0. The number of H-pyrrole nitrogens is 1. The van der Waals surface area contributed by atoms with Gasteiger partial charge in [-0.05, 0) is 6.92 Å². The van der Waals surface area contributed by atoms with Crippen LogP contribution in [0.3, 0.4) is 0 Å². The maximum Gasteiger partial charge on any atom is 0.341 e. The summed E-state index contributed by atoms with van der Waals surface area (Å²) >= 11 is 0. The smallest absolute Gasteiger partial charge is 0.341 e. The zero-order valence-corrected chi connectivity index (χ0v) is 13.1. The lowest BCUT2D eigenvalue weighted by atomic mass is 10.1. The van der Waals surface area contributed by atoms with Gasteiger partial charge in [-0.1, -0.05) is 0 Å². The van der Waals surface area contributed by atoms with Crippen LogP contribution in [0.5, 0.6) is 0 Å². The summed E-state index contributed by atoms with van der Waals surface area (Å²) in [4.78, 5) is 40.4. The molecule has 8 nitrogen and oxygen atoms in total. The van der Waals surface area contributed by atoms with Crippen molar-refractivity contribution in [2.24, 2.45) is 0 Å². The number of anilines is 1. The molecule has 3 N–H and O–H groups in total. The van der Waals surface area contributed by atoms with E-state index in [0.717, 1.165) is 0 Å². The summed E-state index contributed by atoms with van der Waals surface area (Å²) in [7, 11) is 0. The Kier molecular flexibility index (Phi) is 4.10. The second kappa shape index (κ2) is 6.08. The fraction of sp³-hybridized carbons (Fsp3) is 0.400. The number of pyridine rings is 2. The third-order valence-corrected chi connectivity index (χ3v) is 4.16. The first-order valence-electron chi connectivity index (χ1n) is 7.63. The Bertz CT molecular complexity index is 928. The highest BCUT2D eigenvalue weighted by Crippen LogP contribution is 2.18. The SMILES string of the molecule is CCn1cc(C(=O)O)c(=O)c2c(=O)c(F)c(N3CCNCC3)[nH]c21. The van der Waals surface area contributed by atoms with Crippen molar-refractivity contribution in [3.8, 4) is 0 Å². The van der Waals surface area contributed by atoms with Crippen molar-refractivity contribution in [2.45, 2.75) is 13.5 Å². The summed E-state index contributed by atoms with van der Waals surface area (Å²) < 4.78 is 16.0. The molecule has 9 heteroatoms. The molecule has 0 bridgehead atoms. The van der Waals surface area contributed by atoms with Crippen LogP contribution in [0, 0.1) is 5.82 Å². The van der Waals surface area contributed by atoms with Gasteiger partial charge in [-0.25, -0.2) is 4.79 Å². The molecule has 0 amide bonds. The largest absolute Gasteiger partial charge is 0.477 e. The Balaban J connectivity index is 2.36. The van der Waals surface area contributed by atoms with Crippen LogP contribution in [-0.4, -0.2) is 46.8 Å². The second-order valence-electron chi connectivity index (χ2n) is 5.54. The van der Waals surface area contributed by atoms with Gasteiger partial charge in [0.05, 0.1) is 0 Å². The highest BCUT2D eigenvalue weighted by molar-refractivity contribution is 5.92. The predicted molar refractivity (Wildman–Crippen MR) is 86.5 cm³/mol. The highest BCUT2D eigenvalue weighted by Gasteiger charge is 2.24. The first-order chi connectivity index (χ1) is 11.5. The number of aryl methyl sites for hydroxylation is 1. The van der Waals surface area contributed by atoms with Crippen molar-refractivity contribution in [3.05, 3.63) is 38.0 Å². The van der Waals surface area contributed by atoms with Crippen LogP contribution in [0.4, 0.5) is 10.2 Å². The van der Waals surface area contributed by atoms with Gasteiger partial charge in [-0.3, -0.25) is 9.59 Å². The van der Waals surface area contributed by atoms with Gasteiger partial charge in [-0.2, -0.15) is 4.39 Å². The monoisotopic (exact) mass is 336 g/mol. The van der Waals surface area contributed by atoms with Crippen LogP contribution < -0.4 is 21.1 Å². The number of hydrogen-bond acceptors (Lipinski definition) is 5. The van der Waals surface area contributed by atoms with Crippen molar-refractivity contribution < 1.29 is 14.3 Å². The van der Waals surface area contributed by atoms with Crippen LogP contribution in [-0.2, 0) is 6.54 Å². The first-order valence-corrected chi connectivity index (χ1v) is 7.63. The number of piperazine rings is 1. The van der Waals surface area contributed by atoms with E-state index in [9.17, 15) is 18.8 Å². The van der Waals surface area contributed by atoms with Crippen molar-refractivity contribution in [2.75, 3.05) is 31.1 Å². The number of carbonyl (C=O) groups is 1. The quantitative estimate of drug-likeness (QED) is 0.726. The highest BCUT2D eigenvalue weighted by atomic mass is 19.1. The molecule has 0 radical (unpaired) electrons. The number of carboxylic acids is 1. The van der Waals surface area contributed by atoms with Crippen molar-refractivity contribution in [1.29, 1.82) is 0 Å². The lowest BCUT2D eigenvalue weighted by Gasteiger charge is -2.29. The van der Waals surface area contributed by atoms with E-state index in [1.165, 1.54) is 10.8 Å². The molecule has 0 aromatic carbocycles. The number of halogens is 1. The summed E-state index contributed by atoms with van der Waals surface area (Å²) in [6.07, 6.45) is 1.17. The maximum absolute atomic E-state index is 14.6. The fourth-order valence-corrected chi connectivity index (χ4v) is 2.90. The van der Waals surface area contributed by atoms with Gasteiger partial charge < -0.3 is 24.9 Å². The van der Waals surface area contributed by atoms with Crippen molar-refractivity contribution in [3.63, 3.8) is 0 Å². The summed E-state index contributed by atoms with van der Waals surface area (Å²) in [6.45, 7) is 4.39. The molecular weight excluding hydrogens is 319 g/mol. The molecule has 0 saturated carbocycles. The van der Waals surface area contributed by atoms with Crippen LogP contribution in [0.25, 0.3) is 11.0 Å². The van der Waals surface area contributed by atoms with Gasteiger partial charge in [0.25, 0.3) is 0 Å². The second-order valence-corrected chi connectivity index (χ2v) is 5.54. The predicted octanol–water partition coefficient (Wildman–Crippen LogP) is -0.0434. The molecule has 1 fully saturated rings. The molecule has 2 aromatic rings. The molecule has 2 aromatic heterocycles. The Morgan fingerprint density at radius 1 is 1.29 bits per heavy atom. The van der Waals surface area contributed by atoms with Crippen LogP contribution in [0.2, 0.25) is 0 Å². The molecule has 0 aliphatic carbocycles. The molecule has 1 aliphatic rings. The zero-order valence-electron chi connectivity index (χ0n) is 13.1. The number of nitrogens with zero attached hydrogens (tertiary/aromatic N) is 2. The molecule has 1 aliphatic heterocycles. The van der Waals surface area contributed by atoms with E-state index in [1.807, 2.05) is 0 Å². The van der Waals surface area contributed by atoms with Crippen molar-refractivity contribution in [1.82, 2.24) is 14.9 Å². The Labute approximate surface area is 135 Å². The topological polar surface area (TPSA) is 107 Å². The van der Waals surface area contributed by atoms with Crippen LogP contribution in [0.1, 0.15) is 17.3 Å². The minimum absolute atomic E-state index is 0.0266. The summed E-state index contributed by atoms with van der Waals surface area (Å²) in [6, 6.07) is 0. The van der Waals surface area contributed by atoms with Gasteiger partial charge in [-0.15, -0.1) is 0 Å². The standard InChI is InChI=1S/C15H17FN4O4/c1-2-19-7-8(15(23)24)11(21)9-12(22)10(16)14(18-13(9)19)20-5-3-17-4-6-20/h7,17H,2-6H2,1H3,(H,18,22)(H,23,24). The zero-order chi connectivity index (χ0) is 17.4. The fourth-order valence-electron chi connectivity index (χ4n) is 2.90. The average molecular weight is 336 g/mol. The molecule has 3 rings (SSSR count). The van der Waals surface area contributed by atoms with Gasteiger partial charge in [0.15, 0.2) is 0 Å². The van der Waals surface area contributed by atoms with E-state index >= 15 is 0 Å². The molecule has 3 heterocycles. The van der Waals surface area contributed by atoms with Gasteiger partial charge in [0.1, 0.15) is 22.4 Å². The number of rotatable bonds is 3. The number of aromatic amines is 1. The van der Waals surface area contributed by atoms with E-state index in [4.69, 9.17) is 5.11 Å². The molecule has 24 heavy (non-hydrogen) atoms. The summed E-state index contributed by atoms with van der Waals surface area (Å²) in [5.41, 5.74) is -2.47. The third kappa shape index (κ3) is 2.46. The minimum Gasteiger partial charge on any atom is -0.477 e. The Hall–Kier alpha value is -2.68. The lowest BCUT2D eigenvalue weighted by Crippen LogP contribution is -2.45. The van der Waals surface area contributed by atoms with Crippen molar-refractivity contribution >= 4 is 22.8 Å². The van der Waals surface area contributed by atoms with E-state index in [-0.39, 0.29) is 11.5 Å². The van der Waals surface area contributed by atoms with Crippen LogP contribution >= 0.6 is 0 Å². The average Bonchev–Trinajstić information content (AvgIpc) is 2.58. The van der Waals surface area contributed by atoms with Gasteiger partial charge >= 0.3 is 5.97 Å². The maximum atomic E-state index is 14.6. The molecule has 0 spiro atoms. The Morgan fingerprint density at radius 2 is 1.96 bits per heavy atom. The number of nitrogens with one attached hydrogen (secondary N) is 2. The molecule has 0 atom stereocenters. The molecule has 0 unspecified atom stereocenters. The minimum atomic E-state index is -1.45. The first kappa shape index (κ1) is 16.2. The summed E-state index contributed by atoms with van der Waals surface area (Å²) in [5.74, 6) is -2.49. The number of hydrogen-bond donors (Lipinski definition) is 3. The van der Waals surface area contributed by atoms with E-state index in [0.29, 0.717) is 32.7 Å². The summed E-state index contributed by atoms with van der Waals surface area (Å²) in [5, 5.41) is 11.8. The van der Waals surface area contributed by atoms with Gasteiger partial charge in [0.2, 0.25) is 16.7 Å². The van der Waals surface area contributed by atoms with E-state index < -0.39 is 33.6 Å². The number of aromatic nitrogens is 2. The Morgan fingerprint density at radius 3 is 2.54 bits per heavy atom. The molecule has 1 saturated heterocycles. The van der Waals surface area contributed by atoms with E-state index in [2.05, 4.69) is 10.3 Å². The molecular formula is C15H17FN4O4. The lowest BCUT2D eigenvalue weighted by molar-refractivity contribution is 0.0695. The number of fused-ring (bicyclic) bond motifs is 1. The third-order valence-electron chi connectivity index (χ3n) is 4.16. The van der Waals surface area contributed by atoms with Crippen LogP contribution in [0.15, 0.2) is 15.8 Å². The van der Waals surface area contributed by atoms with Gasteiger partial charge in [0, 0.05) is 38.9 Å². The number of aromatic carboxylic acids is 1.